The molecule has 0 aliphatic heterocycles. The van der Waals surface area contributed by atoms with E-state index in [1.165, 1.54) is 36.0 Å². The number of aromatic nitrogens is 3. The standard InChI is InChI=1S/C23H18ClF2N3OS/c1-30-20-4-2-3-15(11-20)12-22-27-28-23(29(22)19-9-7-17(25)8-10-19)31-14-16-5-6-18(26)13-21(16)24/h2-11,13H,12,14H2,1H3. The molecule has 8 heteroatoms. The Morgan fingerprint density at radius 3 is 2.48 bits per heavy atom. The second kappa shape index (κ2) is 9.49. The van der Waals surface area contributed by atoms with Gasteiger partial charge in [-0.2, -0.15) is 0 Å². The van der Waals surface area contributed by atoms with Gasteiger partial charge in [0, 0.05) is 22.9 Å². The van der Waals surface area contributed by atoms with Gasteiger partial charge in [-0.3, -0.25) is 4.57 Å². The molecule has 0 amide bonds. The fraction of sp³-hybridized carbons (Fsp3) is 0.130. The van der Waals surface area contributed by atoms with Crippen molar-refractivity contribution in [1.29, 1.82) is 0 Å². The molecule has 0 fully saturated rings. The maximum Gasteiger partial charge on any atom is 0.196 e. The van der Waals surface area contributed by atoms with Crippen LogP contribution in [0.5, 0.6) is 5.75 Å². The van der Waals surface area contributed by atoms with Gasteiger partial charge in [0.1, 0.15) is 23.2 Å². The lowest BCUT2D eigenvalue weighted by Crippen LogP contribution is -2.04. The number of rotatable bonds is 7. The molecule has 0 aliphatic rings. The highest BCUT2D eigenvalue weighted by atomic mass is 35.5. The summed E-state index contributed by atoms with van der Waals surface area (Å²) in [5.74, 6) is 1.24. The first-order valence-electron chi connectivity index (χ1n) is 9.43. The highest BCUT2D eigenvalue weighted by Crippen LogP contribution is 2.29. The zero-order chi connectivity index (χ0) is 21.8. The monoisotopic (exact) mass is 457 g/mol. The third-order valence-corrected chi connectivity index (χ3v) is 5.98. The molecule has 0 N–H and O–H groups in total. The second-order valence-electron chi connectivity index (χ2n) is 6.76. The first kappa shape index (κ1) is 21.3. The zero-order valence-corrected chi connectivity index (χ0v) is 18.1. The third kappa shape index (κ3) is 5.06. The molecule has 4 nitrogen and oxygen atoms in total. The molecular formula is C23H18ClF2N3OS. The lowest BCUT2D eigenvalue weighted by molar-refractivity contribution is 0.414. The summed E-state index contributed by atoms with van der Waals surface area (Å²) in [5, 5.41) is 9.72. The van der Waals surface area contributed by atoms with E-state index in [1.54, 1.807) is 25.3 Å². The predicted molar refractivity (Wildman–Crippen MR) is 118 cm³/mol. The molecule has 31 heavy (non-hydrogen) atoms. The van der Waals surface area contributed by atoms with Crippen molar-refractivity contribution in [3.8, 4) is 11.4 Å². The zero-order valence-electron chi connectivity index (χ0n) is 16.6. The highest BCUT2D eigenvalue weighted by Gasteiger charge is 2.16. The molecule has 1 aromatic heterocycles. The molecule has 0 unspecified atom stereocenters. The van der Waals surface area contributed by atoms with E-state index in [9.17, 15) is 8.78 Å². The van der Waals surface area contributed by atoms with Gasteiger partial charge in [-0.1, -0.05) is 41.6 Å². The Bertz CT molecular complexity index is 1200. The molecular weight excluding hydrogens is 440 g/mol. The molecule has 0 spiro atoms. The summed E-state index contributed by atoms with van der Waals surface area (Å²) in [6.45, 7) is 0. The minimum atomic E-state index is -0.381. The predicted octanol–water partition coefficient (Wildman–Crippen LogP) is 6.09. The Morgan fingerprint density at radius 2 is 1.74 bits per heavy atom. The second-order valence-corrected chi connectivity index (χ2v) is 8.11. The van der Waals surface area contributed by atoms with Gasteiger partial charge < -0.3 is 4.74 Å². The first-order valence-corrected chi connectivity index (χ1v) is 10.8. The average Bonchev–Trinajstić information content (AvgIpc) is 3.16. The Kier molecular flexibility index (Phi) is 6.53. The largest absolute Gasteiger partial charge is 0.497 e. The molecule has 0 aliphatic carbocycles. The van der Waals surface area contributed by atoms with E-state index in [4.69, 9.17) is 16.3 Å². The van der Waals surface area contributed by atoms with Crippen LogP contribution in [-0.2, 0) is 12.2 Å². The third-order valence-electron chi connectivity index (χ3n) is 4.65. The number of ether oxygens (including phenoxy) is 1. The normalized spacial score (nSPS) is 11.0. The molecule has 0 atom stereocenters. The van der Waals surface area contributed by atoms with Crippen LogP contribution in [0.25, 0.3) is 5.69 Å². The van der Waals surface area contributed by atoms with E-state index in [-0.39, 0.29) is 11.6 Å². The van der Waals surface area contributed by atoms with Crippen LogP contribution in [0.3, 0.4) is 0 Å². The van der Waals surface area contributed by atoms with Crippen molar-refractivity contribution in [1.82, 2.24) is 14.8 Å². The van der Waals surface area contributed by atoms with Crippen LogP contribution in [0.2, 0.25) is 5.02 Å². The van der Waals surface area contributed by atoms with Crippen molar-refractivity contribution >= 4 is 23.4 Å². The van der Waals surface area contributed by atoms with Gasteiger partial charge in [-0.15, -0.1) is 10.2 Å². The first-order chi connectivity index (χ1) is 15.0. The van der Waals surface area contributed by atoms with E-state index < -0.39 is 0 Å². The van der Waals surface area contributed by atoms with Crippen molar-refractivity contribution in [3.63, 3.8) is 0 Å². The number of nitrogens with zero attached hydrogens (tertiary/aromatic N) is 3. The van der Waals surface area contributed by atoms with Crippen molar-refractivity contribution in [2.24, 2.45) is 0 Å². The van der Waals surface area contributed by atoms with Crippen molar-refractivity contribution in [2.45, 2.75) is 17.3 Å². The van der Waals surface area contributed by atoms with Gasteiger partial charge >= 0.3 is 0 Å². The van der Waals surface area contributed by atoms with E-state index in [2.05, 4.69) is 10.2 Å². The van der Waals surface area contributed by atoms with Crippen LogP contribution in [0.15, 0.2) is 71.9 Å². The fourth-order valence-corrected chi connectivity index (χ4v) is 4.39. The Balaban J connectivity index is 1.67. The minimum absolute atomic E-state index is 0.321. The van der Waals surface area contributed by atoms with E-state index in [0.29, 0.717) is 28.2 Å². The number of hydrogen-bond acceptors (Lipinski definition) is 4. The summed E-state index contributed by atoms with van der Waals surface area (Å²) < 4.78 is 34.0. The minimum Gasteiger partial charge on any atom is -0.497 e. The average molecular weight is 458 g/mol. The molecule has 0 bridgehead atoms. The molecule has 0 saturated heterocycles. The fourth-order valence-electron chi connectivity index (χ4n) is 3.10. The molecule has 4 aromatic rings. The number of hydrogen-bond donors (Lipinski definition) is 0. The molecule has 158 valence electrons. The van der Waals surface area contributed by atoms with Gasteiger partial charge in [-0.25, -0.2) is 8.78 Å². The summed E-state index contributed by atoms with van der Waals surface area (Å²) >= 11 is 7.58. The van der Waals surface area contributed by atoms with Crippen LogP contribution in [-0.4, -0.2) is 21.9 Å². The maximum atomic E-state index is 13.5. The smallest absolute Gasteiger partial charge is 0.196 e. The number of methoxy groups -OCH3 is 1. The molecule has 0 radical (unpaired) electrons. The summed E-state index contributed by atoms with van der Waals surface area (Å²) in [5.41, 5.74) is 2.54. The van der Waals surface area contributed by atoms with E-state index in [1.807, 2.05) is 28.8 Å². The lowest BCUT2D eigenvalue weighted by Gasteiger charge is -2.11. The summed E-state index contributed by atoms with van der Waals surface area (Å²) in [6, 6.07) is 18.2. The van der Waals surface area contributed by atoms with E-state index in [0.717, 1.165) is 22.6 Å². The number of thioether (sulfide) groups is 1. The maximum absolute atomic E-state index is 13.5. The Labute approximate surface area is 187 Å². The quantitative estimate of drug-likeness (QED) is 0.315. The molecule has 1 heterocycles. The van der Waals surface area contributed by atoms with Crippen molar-refractivity contribution < 1.29 is 13.5 Å². The summed E-state index contributed by atoms with van der Waals surface area (Å²) in [4.78, 5) is 0. The van der Waals surface area contributed by atoms with E-state index >= 15 is 0 Å². The van der Waals surface area contributed by atoms with Gasteiger partial charge in [0.2, 0.25) is 0 Å². The topological polar surface area (TPSA) is 39.9 Å². The molecule has 0 saturated carbocycles. The van der Waals surface area contributed by atoms with Crippen LogP contribution >= 0.6 is 23.4 Å². The highest BCUT2D eigenvalue weighted by molar-refractivity contribution is 7.98. The van der Waals surface area contributed by atoms with Gasteiger partial charge in [-0.05, 0) is 59.7 Å². The Morgan fingerprint density at radius 1 is 0.968 bits per heavy atom. The van der Waals surface area contributed by atoms with Crippen LogP contribution < -0.4 is 4.74 Å². The van der Waals surface area contributed by atoms with Crippen LogP contribution in [0.4, 0.5) is 8.78 Å². The van der Waals surface area contributed by atoms with Crippen LogP contribution in [0, 0.1) is 11.6 Å². The number of halogens is 3. The van der Waals surface area contributed by atoms with Crippen molar-refractivity contribution in [2.75, 3.05) is 7.11 Å². The Hall–Kier alpha value is -2.90. The SMILES string of the molecule is COc1cccc(Cc2nnc(SCc3ccc(F)cc3Cl)n2-c2ccc(F)cc2)c1. The van der Waals surface area contributed by atoms with Gasteiger partial charge in [0.25, 0.3) is 0 Å². The lowest BCUT2D eigenvalue weighted by atomic mass is 10.1. The van der Waals surface area contributed by atoms with Crippen molar-refractivity contribution in [3.05, 3.63) is 100 Å². The molecule has 3 aromatic carbocycles. The van der Waals surface area contributed by atoms with Crippen LogP contribution in [0.1, 0.15) is 17.0 Å². The summed E-state index contributed by atoms with van der Waals surface area (Å²) in [7, 11) is 1.62. The van der Waals surface area contributed by atoms with Gasteiger partial charge in [0.15, 0.2) is 5.16 Å². The molecule has 4 rings (SSSR count). The van der Waals surface area contributed by atoms with Gasteiger partial charge in [0.05, 0.1) is 7.11 Å². The summed E-state index contributed by atoms with van der Waals surface area (Å²) in [6.07, 6.45) is 0.513. The number of benzene rings is 3.